The van der Waals surface area contributed by atoms with Gasteiger partial charge in [-0.3, -0.25) is 19.1 Å². The van der Waals surface area contributed by atoms with Crippen LogP contribution in [0.15, 0.2) is 9.59 Å². The van der Waals surface area contributed by atoms with Gasteiger partial charge in [0.15, 0.2) is 0 Å². The minimum atomic E-state index is -0.546. The SMILES string of the molecule is CCCCn1c(N)c(N(CC)CC(=O)NC2CCCCCCC2)c(=O)[nH]c1=O. The first kappa shape index (κ1) is 22.0. The number of unbranched alkanes of at least 4 members (excludes halogenated alkanes) is 1. The molecular formula is C20H35N5O3. The molecule has 0 unspecified atom stereocenters. The molecule has 1 aliphatic carbocycles. The Bertz CT molecular complexity index is 747. The van der Waals surface area contributed by atoms with Gasteiger partial charge in [-0.25, -0.2) is 4.79 Å². The lowest BCUT2D eigenvalue weighted by Crippen LogP contribution is -2.45. The van der Waals surface area contributed by atoms with Gasteiger partial charge in [0.2, 0.25) is 5.91 Å². The van der Waals surface area contributed by atoms with Gasteiger partial charge < -0.3 is 16.0 Å². The Morgan fingerprint density at radius 1 is 1.18 bits per heavy atom. The largest absolute Gasteiger partial charge is 0.383 e. The molecule has 8 heteroatoms. The van der Waals surface area contributed by atoms with Crippen molar-refractivity contribution in [2.75, 3.05) is 23.7 Å². The van der Waals surface area contributed by atoms with Crippen LogP contribution in [0.5, 0.6) is 0 Å². The summed E-state index contributed by atoms with van der Waals surface area (Å²) in [5, 5.41) is 3.12. The molecule has 1 aromatic heterocycles. The summed E-state index contributed by atoms with van der Waals surface area (Å²) >= 11 is 0. The highest BCUT2D eigenvalue weighted by molar-refractivity contribution is 5.82. The molecule has 0 bridgehead atoms. The summed E-state index contributed by atoms with van der Waals surface area (Å²) in [6.07, 6.45) is 9.68. The number of nitrogens with one attached hydrogen (secondary N) is 2. The summed E-state index contributed by atoms with van der Waals surface area (Å²) in [5.41, 5.74) is 5.32. The molecule has 1 amide bonds. The van der Waals surface area contributed by atoms with Gasteiger partial charge in [0.05, 0.1) is 6.54 Å². The van der Waals surface area contributed by atoms with Crippen LogP contribution in [0.25, 0.3) is 0 Å². The maximum Gasteiger partial charge on any atom is 0.330 e. The number of nitrogens with two attached hydrogens (primary N) is 1. The normalized spacial score (nSPS) is 15.6. The van der Waals surface area contributed by atoms with Crippen LogP contribution in [0.3, 0.4) is 0 Å². The molecule has 0 spiro atoms. The van der Waals surface area contributed by atoms with Crippen LogP contribution < -0.4 is 27.2 Å². The highest BCUT2D eigenvalue weighted by Gasteiger charge is 2.21. The van der Waals surface area contributed by atoms with Gasteiger partial charge in [-0.05, 0) is 26.2 Å². The number of likely N-dealkylation sites (N-methyl/N-ethyl adjacent to an activating group) is 1. The van der Waals surface area contributed by atoms with Crippen molar-refractivity contribution in [1.82, 2.24) is 14.9 Å². The highest BCUT2D eigenvalue weighted by Crippen LogP contribution is 2.18. The molecule has 158 valence electrons. The smallest absolute Gasteiger partial charge is 0.330 e. The number of rotatable bonds is 8. The van der Waals surface area contributed by atoms with E-state index in [9.17, 15) is 14.4 Å². The van der Waals surface area contributed by atoms with Crippen LogP contribution >= 0.6 is 0 Å². The summed E-state index contributed by atoms with van der Waals surface area (Å²) in [7, 11) is 0. The Morgan fingerprint density at radius 2 is 1.82 bits per heavy atom. The second-order valence-corrected chi connectivity index (χ2v) is 7.62. The molecule has 8 nitrogen and oxygen atoms in total. The van der Waals surface area contributed by atoms with Crippen molar-refractivity contribution in [1.29, 1.82) is 0 Å². The van der Waals surface area contributed by atoms with Gasteiger partial charge >= 0.3 is 5.69 Å². The van der Waals surface area contributed by atoms with Crippen molar-refractivity contribution in [2.24, 2.45) is 0 Å². The zero-order chi connectivity index (χ0) is 20.5. The van der Waals surface area contributed by atoms with E-state index in [1.807, 2.05) is 13.8 Å². The predicted molar refractivity (Wildman–Crippen MR) is 113 cm³/mol. The van der Waals surface area contributed by atoms with E-state index in [2.05, 4.69) is 10.3 Å². The Hall–Kier alpha value is -2.25. The third-order valence-electron chi connectivity index (χ3n) is 5.45. The van der Waals surface area contributed by atoms with Crippen LogP contribution in [0, 0.1) is 0 Å². The third kappa shape index (κ3) is 5.87. The first-order valence-electron chi connectivity index (χ1n) is 10.6. The maximum atomic E-state index is 12.6. The molecule has 0 radical (unpaired) electrons. The number of nitrogen functional groups attached to an aromatic ring is 1. The Kier molecular flexibility index (Phi) is 8.60. The minimum absolute atomic E-state index is 0.0479. The number of H-pyrrole nitrogens is 1. The van der Waals surface area contributed by atoms with Crippen molar-refractivity contribution in [3.05, 3.63) is 20.8 Å². The zero-order valence-corrected chi connectivity index (χ0v) is 17.3. The van der Waals surface area contributed by atoms with E-state index >= 15 is 0 Å². The lowest BCUT2D eigenvalue weighted by Gasteiger charge is -2.26. The summed E-state index contributed by atoms with van der Waals surface area (Å²) in [5.74, 6) is 0.0142. The van der Waals surface area contributed by atoms with Gasteiger partial charge in [-0.1, -0.05) is 45.4 Å². The summed E-state index contributed by atoms with van der Waals surface area (Å²) in [6.45, 7) is 4.82. The minimum Gasteiger partial charge on any atom is -0.383 e. The number of aromatic amines is 1. The zero-order valence-electron chi connectivity index (χ0n) is 17.3. The van der Waals surface area contributed by atoms with Crippen molar-refractivity contribution < 1.29 is 4.79 Å². The standard InChI is InChI=1S/C20H35N5O3/c1-3-5-13-25-18(21)17(19(27)23-20(25)28)24(4-2)14-16(26)22-15-11-9-7-6-8-10-12-15/h15H,3-14,21H2,1-2H3,(H,22,26)(H,23,27,28). The molecule has 0 aromatic carbocycles. The van der Waals surface area contributed by atoms with E-state index in [-0.39, 0.29) is 30.0 Å². The lowest BCUT2D eigenvalue weighted by molar-refractivity contribution is -0.120. The number of aromatic nitrogens is 2. The summed E-state index contributed by atoms with van der Waals surface area (Å²) < 4.78 is 1.38. The van der Waals surface area contributed by atoms with Gasteiger partial charge in [0.1, 0.15) is 11.5 Å². The number of carbonyl (C=O) groups excluding carboxylic acids is 1. The molecule has 4 N–H and O–H groups in total. The number of hydrogen-bond acceptors (Lipinski definition) is 5. The van der Waals surface area contributed by atoms with E-state index in [0.717, 1.165) is 38.5 Å². The molecule has 1 saturated carbocycles. The molecule has 1 aromatic rings. The molecule has 1 aliphatic rings. The van der Waals surface area contributed by atoms with Crippen LogP contribution in [0.1, 0.15) is 71.6 Å². The second kappa shape index (κ2) is 10.9. The Morgan fingerprint density at radius 3 is 2.43 bits per heavy atom. The highest BCUT2D eigenvalue weighted by atomic mass is 16.2. The topological polar surface area (TPSA) is 113 Å². The van der Waals surface area contributed by atoms with Gasteiger partial charge in [0, 0.05) is 19.1 Å². The van der Waals surface area contributed by atoms with E-state index in [1.165, 1.54) is 23.8 Å². The van der Waals surface area contributed by atoms with E-state index in [4.69, 9.17) is 5.73 Å². The molecule has 0 atom stereocenters. The fourth-order valence-electron chi connectivity index (χ4n) is 3.82. The van der Waals surface area contributed by atoms with Crippen LogP contribution in [0.4, 0.5) is 11.5 Å². The van der Waals surface area contributed by atoms with Crippen molar-refractivity contribution in [3.63, 3.8) is 0 Å². The summed E-state index contributed by atoms with van der Waals surface area (Å²) in [4.78, 5) is 41.1. The average molecular weight is 394 g/mol. The molecule has 0 saturated heterocycles. The average Bonchev–Trinajstić information content (AvgIpc) is 2.62. The van der Waals surface area contributed by atoms with Crippen LogP contribution in [-0.4, -0.2) is 34.6 Å². The quantitative estimate of drug-likeness (QED) is 0.625. The van der Waals surface area contributed by atoms with E-state index < -0.39 is 11.2 Å². The monoisotopic (exact) mass is 393 g/mol. The van der Waals surface area contributed by atoms with E-state index in [1.54, 1.807) is 4.90 Å². The number of carbonyl (C=O) groups is 1. The molecule has 2 rings (SSSR count). The van der Waals surface area contributed by atoms with Gasteiger partial charge in [0.25, 0.3) is 5.56 Å². The predicted octanol–water partition coefficient (Wildman–Crippen LogP) is 1.97. The molecule has 1 heterocycles. The summed E-state index contributed by atoms with van der Waals surface area (Å²) in [6, 6.07) is 0.195. The first-order valence-corrected chi connectivity index (χ1v) is 10.6. The number of nitrogens with zero attached hydrogens (tertiary/aromatic N) is 2. The van der Waals surface area contributed by atoms with Gasteiger partial charge in [-0.15, -0.1) is 0 Å². The van der Waals surface area contributed by atoms with Gasteiger partial charge in [-0.2, -0.15) is 0 Å². The molecule has 1 fully saturated rings. The molecular weight excluding hydrogens is 358 g/mol. The number of amides is 1. The Labute approximate surface area is 166 Å². The third-order valence-corrected chi connectivity index (χ3v) is 5.45. The molecule has 0 aliphatic heterocycles. The fourth-order valence-corrected chi connectivity index (χ4v) is 3.82. The fraction of sp³-hybridized carbons (Fsp3) is 0.750. The van der Waals surface area contributed by atoms with Crippen molar-refractivity contribution in [3.8, 4) is 0 Å². The lowest BCUT2D eigenvalue weighted by atomic mass is 9.97. The Balaban J connectivity index is 2.14. The van der Waals surface area contributed by atoms with E-state index in [0.29, 0.717) is 13.1 Å². The first-order chi connectivity index (χ1) is 13.5. The van der Waals surface area contributed by atoms with Crippen LogP contribution in [-0.2, 0) is 11.3 Å². The van der Waals surface area contributed by atoms with Crippen molar-refractivity contribution >= 4 is 17.4 Å². The number of hydrogen-bond donors (Lipinski definition) is 3. The second-order valence-electron chi connectivity index (χ2n) is 7.62. The molecule has 28 heavy (non-hydrogen) atoms. The number of anilines is 2. The van der Waals surface area contributed by atoms with Crippen molar-refractivity contribution in [2.45, 2.75) is 84.2 Å². The maximum absolute atomic E-state index is 12.6. The van der Waals surface area contributed by atoms with Crippen LogP contribution in [0.2, 0.25) is 0 Å².